The maximum Gasteiger partial charge on any atom is 0.265 e. The summed E-state index contributed by atoms with van der Waals surface area (Å²) >= 11 is 5.47. The molecule has 0 bridgehead atoms. The van der Waals surface area contributed by atoms with Gasteiger partial charge in [-0.25, -0.2) is 12.8 Å². The molecule has 0 amide bonds. The molecule has 2 aromatic rings. The molecule has 0 spiro atoms. The number of halogens is 2. The third-order valence-electron chi connectivity index (χ3n) is 3.04. The molecule has 0 fully saturated rings. The average Bonchev–Trinajstić information content (AvgIpc) is 2.48. The first-order valence-electron chi connectivity index (χ1n) is 6.38. The van der Waals surface area contributed by atoms with Crippen LogP contribution in [0.15, 0.2) is 59.5 Å². The van der Waals surface area contributed by atoms with Crippen LogP contribution in [0.2, 0.25) is 0 Å². The quantitative estimate of drug-likeness (QED) is 0.785. The van der Waals surface area contributed by atoms with Crippen molar-refractivity contribution < 1.29 is 17.6 Å². The Hall–Kier alpha value is -1.92. The van der Waals surface area contributed by atoms with E-state index >= 15 is 0 Å². The standard InChI is InChI=1S/C15H13ClFNO3S/c1-11(15(16)19)18(13-7-5-6-12(17)10-13)22(20,21)14-8-3-2-4-9-14/h2-11H,1H3. The highest BCUT2D eigenvalue weighted by molar-refractivity contribution is 7.93. The zero-order valence-electron chi connectivity index (χ0n) is 11.6. The molecule has 0 radical (unpaired) electrons. The van der Waals surface area contributed by atoms with E-state index in [0.29, 0.717) is 0 Å². The van der Waals surface area contributed by atoms with E-state index < -0.39 is 27.1 Å². The van der Waals surface area contributed by atoms with E-state index in [2.05, 4.69) is 0 Å². The molecule has 116 valence electrons. The Labute approximate surface area is 133 Å². The predicted molar refractivity (Wildman–Crippen MR) is 82.8 cm³/mol. The summed E-state index contributed by atoms with van der Waals surface area (Å²) in [5.41, 5.74) is 0.0327. The lowest BCUT2D eigenvalue weighted by molar-refractivity contribution is -0.112. The van der Waals surface area contributed by atoms with Crippen molar-refractivity contribution in [2.45, 2.75) is 17.9 Å². The molecule has 0 aliphatic heterocycles. The van der Waals surface area contributed by atoms with Gasteiger partial charge in [0.25, 0.3) is 10.0 Å². The lowest BCUT2D eigenvalue weighted by atomic mass is 10.2. The summed E-state index contributed by atoms with van der Waals surface area (Å²) in [5.74, 6) is -0.611. The molecule has 0 saturated heterocycles. The number of benzene rings is 2. The number of hydrogen-bond donors (Lipinski definition) is 0. The molecule has 0 aliphatic rings. The molecule has 7 heteroatoms. The first kappa shape index (κ1) is 16.5. The van der Waals surface area contributed by atoms with Crippen molar-refractivity contribution >= 4 is 32.6 Å². The van der Waals surface area contributed by atoms with Gasteiger partial charge in [-0.3, -0.25) is 9.10 Å². The Morgan fingerprint density at radius 1 is 1.14 bits per heavy atom. The van der Waals surface area contributed by atoms with Crippen LogP contribution in [-0.2, 0) is 14.8 Å². The highest BCUT2D eigenvalue weighted by Crippen LogP contribution is 2.27. The van der Waals surface area contributed by atoms with Crippen molar-refractivity contribution in [1.29, 1.82) is 0 Å². The van der Waals surface area contributed by atoms with Crippen LogP contribution < -0.4 is 4.31 Å². The lowest BCUT2D eigenvalue weighted by Gasteiger charge is -2.28. The Morgan fingerprint density at radius 2 is 1.77 bits per heavy atom. The fraction of sp³-hybridized carbons (Fsp3) is 0.133. The van der Waals surface area contributed by atoms with Crippen molar-refractivity contribution in [1.82, 2.24) is 0 Å². The van der Waals surface area contributed by atoms with Gasteiger partial charge in [-0.1, -0.05) is 24.3 Å². The maximum atomic E-state index is 13.4. The number of nitrogens with zero attached hydrogens (tertiary/aromatic N) is 1. The minimum atomic E-state index is -4.05. The van der Waals surface area contributed by atoms with Gasteiger partial charge in [-0.15, -0.1) is 0 Å². The van der Waals surface area contributed by atoms with E-state index in [-0.39, 0.29) is 10.6 Å². The van der Waals surface area contributed by atoms with Crippen LogP contribution in [-0.4, -0.2) is 19.7 Å². The maximum absolute atomic E-state index is 13.4. The summed E-state index contributed by atoms with van der Waals surface area (Å²) in [6.07, 6.45) is 0. The van der Waals surface area contributed by atoms with Crippen LogP contribution in [0.3, 0.4) is 0 Å². The lowest BCUT2D eigenvalue weighted by Crippen LogP contribution is -2.42. The molecule has 0 aromatic heterocycles. The third-order valence-corrected chi connectivity index (χ3v) is 5.27. The molecule has 4 nitrogen and oxygen atoms in total. The van der Waals surface area contributed by atoms with Crippen molar-refractivity contribution in [3.05, 3.63) is 60.4 Å². The Morgan fingerprint density at radius 3 is 2.32 bits per heavy atom. The predicted octanol–water partition coefficient (Wildman–Crippen LogP) is 3.17. The number of hydrogen-bond acceptors (Lipinski definition) is 3. The monoisotopic (exact) mass is 341 g/mol. The molecule has 2 aromatic carbocycles. The zero-order chi connectivity index (χ0) is 16.3. The number of anilines is 1. The summed E-state index contributed by atoms with van der Waals surface area (Å²) in [6, 6.07) is 11.4. The molecular weight excluding hydrogens is 329 g/mol. The molecule has 0 aliphatic carbocycles. The van der Waals surface area contributed by atoms with Gasteiger partial charge >= 0.3 is 0 Å². The molecule has 0 N–H and O–H groups in total. The molecule has 1 unspecified atom stereocenters. The minimum Gasteiger partial charge on any atom is -0.279 e. The van der Waals surface area contributed by atoms with Crippen molar-refractivity contribution in [2.75, 3.05) is 4.31 Å². The normalized spacial score (nSPS) is 12.7. The van der Waals surface area contributed by atoms with Gasteiger partial charge in [0, 0.05) is 0 Å². The van der Waals surface area contributed by atoms with Gasteiger partial charge in [0.15, 0.2) is 0 Å². The zero-order valence-corrected chi connectivity index (χ0v) is 13.2. The summed E-state index contributed by atoms with van der Waals surface area (Å²) in [5, 5.41) is -0.858. The van der Waals surface area contributed by atoms with Gasteiger partial charge < -0.3 is 0 Å². The molecule has 22 heavy (non-hydrogen) atoms. The van der Waals surface area contributed by atoms with Crippen molar-refractivity contribution in [2.24, 2.45) is 0 Å². The van der Waals surface area contributed by atoms with Gasteiger partial charge in [0.1, 0.15) is 11.9 Å². The Kier molecular flexibility index (Phi) is 4.83. The number of carbonyl (C=O) groups excluding carboxylic acids is 1. The average molecular weight is 342 g/mol. The van der Waals surface area contributed by atoms with Gasteiger partial charge in [0.2, 0.25) is 5.24 Å². The van der Waals surface area contributed by atoms with Gasteiger partial charge in [0.05, 0.1) is 10.6 Å². The van der Waals surface area contributed by atoms with Crippen LogP contribution in [0.4, 0.5) is 10.1 Å². The fourth-order valence-corrected chi connectivity index (χ4v) is 3.77. The van der Waals surface area contributed by atoms with Crippen LogP contribution in [0.25, 0.3) is 0 Å². The molecule has 0 saturated carbocycles. The van der Waals surface area contributed by atoms with Crippen molar-refractivity contribution in [3.63, 3.8) is 0 Å². The molecular formula is C15H13ClFNO3S. The summed E-state index contributed by atoms with van der Waals surface area (Å²) < 4.78 is 39.8. The van der Waals surface area contributed by atoms with E-state index in [4.69, 9.17) is 11.6 Å². The fourth-order valence-electron chi connectivity index (χ4n) is 1.98. The summed E-state index contributed by atoms with van der Waals surface area (Å²) in [4.78, 5) is 11.5. The van der Waals surface area contributed by atoms with Crippen LogP contribution in [0, 0.1) is 5.82 Å². The number of sulfonamides is 1. The van der Waals surface area contributed by atoms with Crippen LogP contribution in [0.1, 0.15) is 6.92 Å². The second kappa shape index (κ2) is 6.46. The second-order valence-electron chi connectivity index (χ2n) is 4.57. The van der Waals surface area contributed by atoms with E-state index in [1.807, 2.05) is 0 Å². The molecule has 0 heterocycles. The smallest absolute Gasteiger partial charge is 0.265 e. The van der Waals surface area contributed by atoms with Crippen molar-refractivity contribution in [3.8, 4) is 0 Å². The summed E-state index contributed by atoms with van der Waals surface area (Å²) in [6.45, 7) is 1.35. The van der Waals surface area contributed by atoms with Crippen LogP contribution in [0.5, 0.6) is 0 Å². The van der Waals surface area contributed by atoms with Crippen LogP contribution >= 0.6 is 11.6 Å². The summed E-state index contributed by atoms with van der Waals surface area (Å²) in [7, 11) is -4.05. The Bertz CT molecular complexity index is 780. The first-order valence-corrected chi connectivity index (χ1v) is 8.20. The highest BCUT2D eigenvalue weighted by atomic mass is 35.5. The topological polar surface area (TPSA) is 54.5 Å². The largest absolute Gasteiger partial charge is 0.279 e. The highest BCUT2D eigenvalue weighted by Gasteiger charge is 2.32. The van der Waals surface area contributed by atoms with Gasteiger partial charge in [-0.05, 0) is 48.9 Å². The first-order chi connectivity index (χ1) is 10.3. The molecule has 1 atom stereocenters. The van der Waals surface area contributed by atoms with Gasteiger partial charge in [-0.2, -0.15) is 0 Å². The van der Waals surface area contributed by atoms with E-state index in [9.17, 15) is 17.6 Å². The van der Waals surface area contributed by atoms with E-state index in [0.717, 1.165) is 10.4 Å². The number of rotatable bonds is 5. The van der Waals surface area contributed by atoms with E-state index in [1.54, 1.807) is 18.2 Å². The number of carbonyl (C=O) groups is 1. The Balaban J connectivity index is 2.62. The third kappa shape index (κ3) is 3.28. The SMILES string of the molecule is CC(C(=O)Cl)N(c1cccc(F)c1)S(=O)(=O)c1ccccc1. The second-order valence-corrected chi connectivity index (χ2v) is 6.76. The molecule has 2 rings (SSSR count). The van der Waals surface area contributed by atoms with E-state index in [1.165, 1.54) is 37.3 Å². The minimum absolute atomic E-state index is 0.0102.